The minimum absolute atomic E-state index is 0.861. The second-order valence-corrected chi connectivity index (χ2v) is 7.24. The SMILES string of the molecule is Cc1ccc(-c2nc(CN3CC4CNCC4C3)cs2)cc1. The van der Waals surface area contributed by atoms with Crippen LogP contribution >= 0.6 is 11.3 Å². The summed E-state index contributed by atoms with van der Waals surface area (Å²) in [4.78, 5) is 7.40. The molecule has 2 aliphatic rings. The Balaban J connectivity index is 1.44. The third-order valence-electron chi connectivity index (χ3n) is 4.70. The van der Waals surface area contributed by atoms with E-state index in [-0.39, 0.29) is 0 Å². The summed E-state index contributed by atoms with van der Waals surface area (Å²) >= 11 is 1.76. The normalized spacial score (nSPS) is 25.4. The Hall–Kier alpha value is -1.23. The van der Waals surface area contributed by atoms with E-state index in [1.165, 1.54) is 43.0 Å². The Morgan fingerprint density at radius 1 is 1.19 bits per heavy atom. The van der Waals surface area contributed by atoms with Gasteiger partial charge in [-0.2, -0.15) is 0 Å². The largest absolute Gasteiger partial charge is 0.316 e. The van der Waals surface area contributed by atoms with Crippen LogP contribution in [0.2, 0.25) is 0 Å². The molecule has 0 radical (unpaired) electrons. The summed E-state index contributed by atoms with van der Waals surface area (Å²) in [6, 6.07) is 8.66. The Kier molecular flexibility index (Phi) is 3.53. The minimum atomic E-state index is 0.861. The van der Waals surface area contributed by atoms with Crippen molar-refractivity contribution < 1.29 is 0 Å². The van der Waals surface area contributed by atoms with Gasteiger partial charge in [0.2, 0.25) is 0 Å². The predicted octanol–water partition coefficient (Wildman–Crippen LogP) is 2.77. The highest BCUT2D eigenvalue weighted by atomic mass is 32.1. The van der Waals surface area contributed by atoms with Crippen LogP contribution in [0, 0.1) is 18.8 Å². The van der Waals surface area contributed by atoms with Crippen LogP contribution in [-0.2, 0) is 6.54 Å². The van der Waals surface area contributed by atoms with E-state index in [2.05, 4.69) is 46.8 Å². The van der Waals surface area contributed by atoms with Crippen molar-refractivity contribution >= 4 is 11.3 Å². The zero-order valence-electron chi connectivity index (χ0n) is 12.4. The first-order valence-corrected chi connectivity index (χ1v) is 8.60. The molecule has 1 aromatic carbocycles. The van der Waals surface area contributed by atoms with Gasteiger partial charge in [-0.3, -0.25) is 4.90 Å². The minimum Gasteiger partial charge on any atom is -0.316 e. The lowest BCUT2D eigenvalue weighted by Gasteiger charge is -2.15. The molecule has 2 aliphatic heterocycles. The quantitative estimate of drug-likeness (QED) is 0.944. The number of hydrogen-bond acceptors (Lipinski definition) is 4. The van der Waals surface area contributed by atoms with Gasteiger partial charge in [-0.15, -0.1) is 11.3 Å². The highest BCUT2D eigenvalue weighted by Gasteiger charge is 2.35. The maximum atomic E-state index is 4.83. The molecule has 4 rings (SSSR count). The topological polar surface area (TPSA) is 28.2 Å². The van der Waals surface area contributed by atoms with Gasteiger partial charge >= 0.3 is 0 Å². The summed E-state index contributed by atoms with van der Waals surface area (Å²) in [5.74, 6) is 1.72. The van der Waals surface area contributed by atoms with Gasteiger partial charge in [-0.1, -0.05) is 29.8 Å². The second-order valence-electron chi connectivity index (χ2n) is 6.38. The molecule has 110 valence electrons. The number of fused-ring (bicyclic) bond motifs is 1. The Morgan fingerprint density at radius 2 is 1.90 bits per heavy atom. The molecule has 2 unspecified atom stereocenters. The molecule has 1 N–H and O–H groups in total. The van der Waals surface area contributed by atoms with Crippen molar-refractivity contribution in [3.63, 3.8) is 0 Å². The smallest absolute Gasteiger partial charge is 0.123 e. The number of aryl methyl sites for hydroxylation is 1. The number of likely N-dealkylation sites (tertiary alicyclic amines) is 1. The van der Waals surface area contributed by atoms with Gasteiger partial charge in [-0.25, -0.2) is 4.98 Å². The van der Waals surface area contributed by atoms with Crippen LogP contribution in [-0.4, -0.2) is 36.1 Å². The highest BCUT2D eigenvalue weighted by molar-refractivity contribution is 7.13. The average Bonchev–Trinajstić information content (AvgIpc) is 3.16. The van der Waals surface area contributed by atoms with Crippen molar-refractivity contribution in [3.05, 3.63) is 40.9 Å². The van der Waals surface area contributed by atoms with Crippen molar-refractivity contribution in [1.82, 2.24) is 15.2 Å². The fourth-order valence-corrected chi connectivity index (χ4v) is 4.34. The maximum absolute atomic E-state index is 4.83. The fourth-order valence-electron chi connectivity index (χ4n) is 3.52. The Morgan fingerprint density at radius 3 is 2.62 bits per heavy atom. The van der Waals surface area contributed by atoms with E-state index in [0.717, 1.165) is 23.4 Å². The molecule has 2 atom stereocenters. The van der Waals surface area contributed by atoms with Gasteiger partial charge < -0.3 is 5.32 Å². The van der Waals surface area contributed by atoms with Gasteiger partial charge in [0.15, 0.2) is 0 Å². The van der Waals surface area contributed by atoms with E-state index in [0.29, 0.717) is 0 Å². The van der Waals surface area contributed by atoms with Crippen LogP contribution in [0.5, 0.6) is 0 Å². The van der Waals surface area contributed by atoms with Gasteiger partial charge in [0.05, 0.1) is 5.69 Å². The van der Waals surface area contributed by atoms with E-state index in [9.17, 15) is 0 Å². The predicted molar refractivity (Wildman–Crippen MR) is 87.4 cm³/mol. The van der Waals surface area contributed by atoms with Crippen molar-refractivity contribution in [2.45, 2.75) is 13.5 Å². The zero-order valence-corrected chi connectivity index (χ0v) is 13.2. The lowest BCUT2D eigenvalue weighted by atomic mass is 10.0. The van der Waals surface area contributed by atoms with Crippen LogP contribution in [0.3, 0.4) is 0 Å². The third-order valence-corrected chi connectivity index (χ3v) is 5.64. The zero-order chi connectivity index (χ0) is 14.2. The molecule has 3 nitrogen and oxygen atoms in total. The summed E-state index contributed by atoms with van der Waals surface area (Å²) in [7, 11) is 0. The molecular formula is C17H21N3S. The van der Waals surface area contributed by atoms with Gasteiger partial charge in [-0.05, 0) is 31.8 Å². The molecule has 21 heavy (non-hydrogen) atoms. The van der Waals surface area contributed by atoms with Crippen molar-refractivity contribution in [2.24, 2.45) is 11.8 Å². The second kappa shape index (κ2) is 5.52. The van der Waals surface area contributed by atoms with Crippen LogP contribution in [0.25, 0.3) is 10.6 Å². The highest BCUT2D eigenvalue weighted by Crippen LogP contribution is 2.29. The van der Waals surface area contributed by atoms with Crippen molar-refractivity contribution in [1.29, 1.82) is 0 Å². The number of benzene rings is 1. The summed E-state index contributed by atoms with van der Waals surface area (Å²) in [5, 5.41) is 6.87. The van der Waals surface area contributed by atoms with Crippen LogP contribution in [0.15, 0.2) is 29.6 Å². The molecule has 0 aliphatic carbocycles. The van der Waals surface area contributed by atoms with E-state index in [1.54, 1.807) is 11.3 Å². The number of rotatable bonds is 3. The van der Waals surface area contributed by atoms with Gasteiger partial charge in [0.1, 0.15) is 5.01 Å². The fraction of sp³-hybridized carbons (Fsp3) is 0.471. The van der Waals surface area contributed by atoms with E-state index >= 15 is 0 Å². The van der Waals surface area contributed by atoms with Crippen molar-refractivity contribution in [2.75, 3.05) is 26.2 Å². The van der Waals surface area contributed by atoms with Gasteiger partial charge in [0.25, 0.3) is 0 Å². The summed E-state index contributed by atoms with van der Waals surface area (Å²) in [6.07, 6.45) is 0. The molecule has 3 heterocycles. The number of hydrogen-bond donors (Lipinski definition) is 1. The standard InChI is InChI=1S/C17H21N3S/c1-12-2-4-13(5-3-12)17-19-16(11-21-17)10-20-8-14-6-18-7-15(14)9-20/h2-5,11,14-15,18H,6-10H2,1H3. The van der Waals surface area contributed by atoms with E-state index < -0.39 is 0 Å². The summed E-state index contributed by atoms with van der Waals surface area (Å²) in [5.41, 5.74) is 3.76. The first kappa shape index (κ1) is 13.4. The molecule has 0 saturated carbocycles. The third kappa shape index (κ3) is 2.76. The molecule has 2 saturated heterocycles. The number of nitrogens with one attached hydrogen (secondary N) is 1. The monoisotopic (exact) mass is 299 g/mol. The molecule has 0 bridgehead atoms. The van der Waals surface area contributed by atoms with Crippen LogP contribution in [0.1, 0.15) is 11.3 Å². The first-order chi connectivity index (χ1) is 10.3. The lowest BCUT2D eigenvalue weighted by Crippen LogP contribution is -2.25. The number of thiazole rings is 1. The molecule has 2 aromatic rings. The summed E-state index contributed by atoms with van der Waals surface area (Å²) in [6.45, 7) is 8.00. The van der Waals surface area contributed by atoms with Gasteiger partial charge in [0, 0.05) is 30.6 Å². The Bertz CT molecular complexity index is 607. The molecular weight excluding hydrogens is 278 g/mol. The van der Waals surface area contributed by atoms with Crippen LogP contribution < -0.4 is 5.32 Å². The van der Waals surface area contributed by atoms with Crippen molar-refractivity contribution in [3.8, 4) is 10.6 Å². The lowest BCUT2D eigenvalue weighted by molar-refractivity contribution is 0.302. The van der Waals surface area contributed by atoms with Crippen LogP contribution in [0.4, 0.5) is 0 Å². The maximum Gasteiger partial charge on any atom is 0.123 e. The molecule has 4 heteroatoms. The molecule has 2 fully saturated rings. The number of nitrogens with zero attached hydrogens (tertiary/aromatic N) is 2. The molecule has 0 amide bonds. The first-order valence-electron chi connectivity index (χ1n) is 7.72. The molecule has 1 aromatic heterocycles. The molecule has 0 spiro atoms. The van der Waals surface area contributed by atoms with E-state index in [4.69, 9.17) is 4.98 Å². The van der Waals surface area contributed by atoms with E-state index in [1.807, 2.05) is 0 Å². The summed E-state index contributed by atoms with van der Waals surface area (Å²) < 4.78 is 0. The number of aromatic nitrogens is 1. The Labute approximate surface area is 130 Å². The average molecular weight is 299 g/mol.